The van der Waals surface area contributed by atoms with Crippen molar-refractivity contribution in [3.05, 3.63) is 44.8 Å². The summed E-state index contributed by atoms with van der Waals surface area (Å²) in [7, 11) is 0. The third-order valence-electron chi connectivity index (χ3n) is 1.81. The van der Waals surface area contributed by atoms with Gasteiger partial charge in [-0.3, -0.25) is 0 Å². The highest BCUT2D eigenvalue weighted by molar-refractivity contribution is 9.10. The second-order valence-corrected chi connectivity index (χ2v) is 3.83. The molecule has 0 bridgehead atoms. The van der Waals surface area contributed by atoms with Gasteiger partial charge in [0, 0.05) is 21.6 Å². The first kappa shape index (κ1) is 11.6. The highest BCUT2D eigenvalue weighted by atomic mass is 79.9. The largest absolute Gasteiger partial charge is 0.398 e. The lowest BCUT2D eigenvalue weighted by molar-refractivity contribution is 0.996. The van der Waals surface area contributed by atoms with Gasteiger partial charge in [0.05, 0.1) is 0 Å². The average Bonchev–Trinajstić information content (AvgIpc) is 2.20. The molecule has 15 heavy (non-hydrogen) atoms. The van der Waals surface area contributed by atoms with E-state index in [-0.39, 0.29) is 0 Å². The number of nitrogens with two attached hydrogens (primary N) is 1. The van der Waals surface area contributed by atoms with Crippen LogP contribution in [-0.2, 0) is 0 Å². The molecule has 1 aromatic rings. The number of hydrogen-bond acceptors (Lipinski definition) is 2. The van der Waals surface area contributed by atoms with Crippen LogP contribution in [0.4, 0.5) is 5.69 Å². The van der Waals surface area contributed by atoms with Crippen molar-refractivity contribution in [2.45, 2.75) is 6.42 Å². The summed E-state index contributed by atoms with van der Waals surface area (Å²) in [5.74, 6) is 0. The maximum Gasteiger partial charge on any atom is 0.0398 e. The summed E-state index contributed by atoms with van der Waals surface area (Å²) >= 11 is 3.34. The van der Waals surface area contributed by atoms with E-state index in [1.54, 1.807) is 0 Å². The van der Waals surface area contributed by atoms with Crippen LogP contribution in [0.15, 0.2) is 33.9 Å². The number of benzene rings is 1. The van der Waals surface area contributed by atoms with Crippen LogP contribution < -0.4 is 5.73 Å². The van der Waals surface area contributed by atoms with Gasteiger partial charge < -0.3 is 5.73 Å². The van der Waals surface area contributed by atoms with Crippen LogP contribution in [0.25, 0.3) is 16.5 Å². The van der Waals surface area contributed by atoms with E-state index in [4.69, 9.17) is 11.3 Å². The zero-order chi connectivity index (χ0) is 11.1. The van der Waals surface area contributed by atoms with E-state index >= 15 is 0 Å². The molecular weight excluding hydrogens is 256 g/mol. The van der Waals surface area contributed by atoms with Gasteiger partial charge in [0.2, 0.25) is 0 Å². The predicted molar refractivity (Wildman–Crippen MR) is 66.2 cm³/mol. The summed E-state index contributed by atoms with van der Waals surface area (Å²) < 4.78 is 0.964. The number of hydrogen-bond donors (Lipinski definition) is 1. The minimum absolute atomic E-state index is 0.476. The molecule has 0 aromatic heterocycles. The number of nitrogens with zero attached hydrogens (tertiary/aromatic N) is 3. The number of halogens is 1. The summed E-state index contributed by atoms with van der Waals surface area (Å²) in [6.45, 7) is 0.476. The van der Waals surface area contributed by atoms with Gasteiger partial charge in [0.15, 0.2) is 0 Å². The standard InChI is InChI=1S/C10H11BrN4/c11-9-5-4-8(10(12)7-9)3-1-2-6-14-15-13/h1,3-5,7H,2,6,12H2. The summed E-state index contributed by atoms with van der Waals surface area (Å²) in [6, 6.07) is 5.72. The van der Waals surface area contributed by atoms with Crippen molar-refractivity contribution in [2.24, 2.45) is 5.11 Å². The zero-order valence-electron chi connectivity index (χ0n) is 8.10. The van der Waals surface area contributed by atoms with E-state index in [0.717, 1.165) is 22.1 Å². The van der Waals surface area contributed by atoms with E-state index in [9.17, 15) is 0 Å². The Hall–Kier alpha value is -1.45. The van der Waals surface area contributed by atoms with Crippen LogP contribution in [0.1, 0.15) is 12.0 Å². The van der Waals surface area contributed by atoms with Crippen LogP contribution in [-0.4, -0.2) is 6.54 Å². The topological polar surface area (TPSA) is 74.8 Å². The molecule has 0 heterocycles. The van der Waals surface area contributed by atoms with E-state index in [1.165, 1.54) is 0 Å². The minimum Gasteiger partial charge on any atom is -0.398 e. The maximum absolute atomic E-state index is 8.07. The van der Waals surface area contributed by atoms with Crippen molar-refractivity contribution in [3.8, 4) is 0 Å². The Balaban J connectivity index is 2.60. The van der Waals surface area contributed by atoms with E-state index in [1.807, 2.05) is 30.4 Å². The fraction of sp³-hybridized carbons (Fsp3) is 0.200. The molecule has 1 rings (SSSR count). The second kappa shape index (κ2) is 6.11. The predicted octanol–water partition coefficient (Wildman–Crippen LogP) is 3.74. The van der Waals surface area contributed by atoms with Gasteiger partial charge in [-0.2, -0.15) is 0 Å². The zero-order valence-corrected chi connectivity index (χ0v) is 9.68. The van der Waals surface area contributed by atoms with Crippen LogP contribution >= 0.6 is 15.9 Å². The van der Waals surface area contributed by atoms with Crippen molar-refractivity contribution in [2.75, 3.05) is 12.3 Å². The molecule has 0 radical (unpaired) electrons. The molecule has 0 saturated heterocycles. The first-order valence-corrected chi connectivity index (χ1v) is 5.26. The SMILES string of the molecule is [N-]=[N+]=NCCC=Cc1ccc(Br)cc1N. The third-order valence-corrected chi connectivity index (χ3v) is 2.30. The summed E-state index contributed by atoms with van der Waals surface area (Å²) in [5.41, 5.74) is 15.6. The molecule has 4 nitrogen and oxygen atoms in total. The van der Waals surface area contributed by atoms with E-state index < -0.39 is 0 Å². The van der Waals surface area contributed by atoms with Gasteiger partial charge >= 0.3 is 0 Å². The first-order valence-electron chi connectivity index (χ1n) is 4.46. The van der Waals surface area contributed by atoms with Crippen molar-refractivity contribution >= 4 is 27.7 Å². The fourth-order valence-electron chi connectivity index (χ4n) is 1.08. The Morgan fingerprint density at radius 1 is 1.53 bits per heavy atom. The molecule has 0 saturated carbocycles. The minimum atomic E-state index is 0.476. The molecule has 0 aliphatic heterocycles. The number of nitrogen functional groups attached to an aromatic ring is 1. The third kappa shape index (κ3) is 4.06. The summed E-state index contributed by atoms with van der Waals surface area (Å²) in [4.78, 5) is 2.67. The lowest BCUT2D eigenvalue weighted by atomic mass is 10.1. The molecule has 78 valence electrons. The molecule has 0 aliphatic rings. The molecule has 0 amide bonds. The molecule has 0 fully saturated rings. The summed E-state index contributed by atoms with van der Waals surface area (Å²) in [5, 5.41) is 3.43. The number of azide groups is 1. The van der Waals surface area contributed by atoms with Crippen LogP contribution in [0.3, 0.4) is 0 Å². The average molecular weight is 267 g/mol. The Morgan fingerprint density at radius 3 is 3.00 bits per heavy atom. The highest BCUT2D eigenvalue weighted by Crippen LogP contribution is 2.19. The maximum atomic E-state index is 8.07. The van der Waals surface area contributed by atoms with E-state index in [2.05, 4.69) is 26.0 Å². The Labute approximate surface area is 96.5 Å². The monoisotopic (exact) mass is 266 g/mol. The Kier molecular flexibility index (Phi) is 4.74. The van der Waals surface area contributed by atoms with Crippen LogP contribution in [0.5, 0.6) is 0 Å². The second-order valence-electron chi connectivity index (χ2n) is 2.92. The summed E-state index contributed by atoms with van der Waals surface area (Å²) in [6.07, 6.45) is 4.59. The fourth-order valence-corrected chi connectivity index (χ4v) is 1.46. The van der Waals surface area contributed by atoms with Gasteiger partial charge in [-0.05, 0) is 29.6 Å². The quantitative estimate of drug-likeness (QED) is 0.291. The van der Waals surface area contributed by atoms with Crippen molar-refractivity contribution in [1.29, 1.82) is 0 Å². The first-order chi connectivity index (χ1) is 7.24. The molecule has 0 atom stereocenters. The van der Waals surface area contributed by atoms with Crippen molar-refractivity contribution < 1.29 is 0 Å². The lowest BCUT2D eigenvalue weighted by Gasteiger charge is -2.00. The normalized spacial score (nSPS) is 10.2. The van der Waals surface area contributed by atoms with Gasteiger partial charge in [-0.1, -0.05) is 39.3 Å². The number of anilines is 1. The number of rotatable bonds is 4. The molecule has 0 spiro atoms. The molecule has 1 aromatic carbocycles. The van der Waals surface area contributed by atoms with E-state index in [0.29, 0.717) is 6.54 Å². The van der Waals surface area contributed by atoms with Crippen molar-refractivity contribution in [1.82, 2.24) is 0 Å². The smallest absolute Gasteiger partial charge is 0.0398 e. The Bertz CT molecular complexity index is 408. The van der Waals surface area contributed by atoms with Crippen LogP contribution in [0, 0.1) is 0 Å². The Morgan fingerprint density at radius 2 is 2.33 bits per heavy atom. The molecule has 0 unspecified atom stereocenters. The van der Waals surface area contributed by atoms with Gasteiger partial charge in [0.25, 0.3) is 0 Å². The molecule has 2 N–H and O–H groups in total. The van der Waals surface area contributed by atoms with Gasteiger partial charge in [-0.25, -0.2) is 0 Å². The lowest BCUT2D eigenvalue weighted by Crippen LogP contribution is -1.88. The molecule has 0 aliphatic carbocycles. The van der Waals surface area contributed by atoms with Gasteiger partial charge in [-0.15, -0.1) is 0 Å². The van der Waals surface area contributed by atoms with Gasteiger partial charge in [0.1, 0.15) is 0 Å². The molecule has 5 heteroatoms. The van der Waals surface area contributed by atoms with Crippen molar-refractivity contribution in [3.63, 3.8) is 0 Å². The highest BCUT2D eigenvalue weighted by Gasteiger charge is 1.94. The molecular formula is C10H11BrN4. The van der Waals surface area contributed by atoms with Crippen LogP contribution in [0.2, 0.25) is 0 Å².